The molecule has 3 aromatic rings. The third-order valence-corrected chi connectivity index (χ3v) is 3.57. The van der Waals surface area contributed by atoms with Crippen molar-refractivity contribution < 1.29 is 9.18 Å². The summed E-state index contributed by atoms with van der Waals surface area (Å²) in [5.74, 6) is -0.938. The summed E-state index contributed by atoms with van der Waals surface area (Å²) in [7, 11) is 0. The van der Waals surface area contributed by atoms with Crippen LogP contribution in [0.5, 0.6) is 0 Å². The Bertz CT molecular complexity index is 800. The molecule has 0 saturated carbocycles. The molecule has 23 heavy (non-hydrogen) atoms. The van der Waals surface area contributed by atoms with Gasteiger partial charge in [0.2, 0.25) is 0 Å². The minimum atomic E-state index is -0.519. The summed E-state index contributed by atoms with van der Waals surface area (Å²) < 4.78 is 15.4. The molecule has 1 amide bonds. The molecular weight excluding hydrogens is 293 g/mol. The molecule has 0 spiro atoms. The highest BCUT2D eigenvalue weighted by Gasteiger charge is 2.11. The summed E-state index contributed by atoms with van der Waals surface area (Å²) in [4.78, 5) is 12.1. The number of amides is 1. The van der Waals surface area contributed by atoms with Crippen LogP contribution in [0.15, 0.2) is 67.0 Å². The standard InChI is InChI=1S/C18H16FN3O/c19-17-9-4-3-8-16(17)18(23)20-12-14-6-1-2-7-15(14)13-22-11-5-10-21-22/h1-11H,12-13H2,(H,20,23). The van der Waals surface area contributed by atoms with Gasteiger partial charge in [-0.15, -0.1) is 0 Å². The number of carbonyl (C=O) groups excluding carboxylic acids is 1. The largest absolute Gasteiger partial charge is 0.348 e. The van der Waals surface area contributed by atoms with E-state index >= 15 is 0 Å². The number of aromatic nitrogens is 2. The SMILES string of the molecule is O=C(NCc1ccccc1Cn1cccn1)c1ccccc1F. The van der Waals surface area contributed by atoms with Crippen molar-refractivity contribution >= 4 is 5.91 Å². The van der Waals surface area contributed by atoms with Crippen LogP contribution < -0.4 is 5.32 Å². The third kappa shape index (κ3) is 3.63. The summed E-state index contributed by atoms with van der Waals surface area (Å²) in [6.07, 6.45) is 3.61. The van der Waals surface area contributed by atoms with Gasteiger partial charge in [-0.05, 0) is 29.3 Å². The molecule has 0 aliphatic heterocycles. The van der Waals surface area contributed by atoms with Crippen LogP contribution in [0.2, 0.25) is 0 Å². The van der Waals surface area contributed by atoms with Crippen molar-refractivity contribution in [2.45, 2.75) is 13.1 Å². The first-order valence-corrected chi connectivity index (χ1v) is 7.31. The molecule has 4 nitrogen and oxygen atoms in total. The van der Waals surface area contributed by atoms with E-state index in [1.165, 1.54) is 12.1 Å². The highest BCUT2D eigenvalue weighted by molar-refractivity contribution is 5.94. The second-order valence-corrected chi connectivity index (χ2v) is 5.13. The predicted molar refractivity (Wildman–Crippen MR) is 85.3 cm³/mol. The van der Waals surface area contributed by atoms with Gasteiger partial charge < -0.3 is 5.32 Å². The fraction of sp³-hybridized carbons (Fsp3) is 0.111. The first kappa shape index (κ1) is 15.0. The van der Waals surface area contributed by atoms with Crippen LogP contribution in [0, 0.1) is 5.82 Å². The van der Waals surface area contributed by atoms with Crippen LogP contribution in [-0.4, -0.2) is 15.7 Å². The first-order valence-electron chi connectivity index (χ1n) is 7.31. The minimum absolute atomic E-state index is 0.0528. The van der Waals surface area contributed by atoms with Gasteiger partial charge in [-0.25, -0.2) is 4.39 Å². The Hall–Kier alpha value is -2.95. The normalized spacial score (nSPS) is 10.5. The van der Waals surface area contributed by atoms with E-state index in [-0.39, 0.29) is 5.56 Å². The molecule has 0 unspecified atom stereocenters. The molecule has 0 bridgehead atoms. The maximum Gasteiger partial charge on any atom is 0.254 e. The summed E-state index contributed by atoms with van der Waals surface area (Å²) in [6.45, 7) is 0.962. The highest BCUT2D eigenvalue weighted by atomic mass is 19.1. The van der Waals surface area contributed by atoms with Gasteiger partial charge in [-0.1, -0.05) is 36.4 Å². The molecule has 3 rings (SSSR count). The second kappa shape index (κ2) is 6.87. The number of nitrogens with one attached hydrogen (secondary N) is 1. The molecule has 0 saturated heterocycles. The van der Waals surface area contributed by atoms with E-state index in [0.717, 1.165) is 11.1 Å². The Morgan fingerprint density at radius 3 is 2.52 bits per heavy atom. The molecule has 0 aliphatic carbocycles. The molecule has 116 valence electrons. The highest BCUT2D eigenvalue weighted by Crippen LogP contribution is 2.11. The van der Waals surface area contributed by atoms with Gasteiger partial charge in [0, 0.05) is 18.9 Å². The molecule has 0 atom stereocenters. The quantitative estimate of drug-likeness (QED) is 0.787. The number of rotatable bonds is 5. The Morgan fingerprint density at radius 2 is 1.78 bits per heavy atom. The van der Waals surface area contributed by atoms with Gasteiger partial charge in [0.1, 0.15) is 5.82 Å². The topological polar surface area (TPSA) is 46.9 Å². The van der Waals surface area contributed by atoms with Crippen LogP contribution in [0.1, 0.15) is 21.5 Å². The van der Waals surface area contributed by atoms with E-state index in [2.05, 4.69) is 10.4 Å². The smallest absolute Gasteiger partial charge is 0.254 e. The Labute approximate surface area is 133 Å². The van der Waals surface area contributed by atoms with Crippen molar-refractivity contribution in [3.63, 3.8) is 0 Å². The lowest BCUT2D eigenvalue weighted by molar-refractivity contribution is 0.0947. The van der Waals surface area contributed by atoms with Crippen molar-refractivity contribution in [2.24, 2.45) is 0 Å². The van der Waals surface area contributed by atoms with E-state index in [4.69, 9.17) is 0 Å². The average molecular weight is 309 g/mol. The second-order valence-electron chi connectivity index (χ2n) is 5.13. The number of hydrogen-bond acceptors (Lipinski definition) is 2. The lowest BCUT2D eigenvalue weighted by Gasteiger charge is -2.11. The lowest BCUT2D eigenvalue weighted by Crippen LogP contribution is -2.24. The summed E-state index contributed by atoms with van der Waals surface area (Å²) in [6, 6.07) is 15.6. The van der Waals surface area contributed by atoms with Crippen LogP contribution in [0.25, 0.3) is 0 Å². The van der Waals surface area contributed by atoms with Crippen molar-refractivity contribution in [3.8, 4) is 0 Å². The van der Waals surface area contributed by atoms with Crippen molar-refractivity contribution in [1.82, 2.24) is 15.1 Å². The van der Waals surface area contributed by atoms with Crippen LogP contribution in [0.3, 0.4) is 0 Å². The van der Waals surface area contributed by atoms with Gasteiger partial charge in [0.05, 0.1) is 12.1 Å². The Kier molecular flexibility index (Phi) is 4.47. The molecule has 0 aliphatic rings. The molecule has 0 fully saturated rings. The first-order chi connectivity index (χ1) is 11.2. The number of hydrogen-bond donors (Lipinski definition) is 1. The molecule has 1 heterocycles. The van der Waals surface area contributed by atoms with Crippen LogP contribution >= 0.6 is 0 Å². The summed E-state index contributed by atoms with van der Waals surface area (Å²) >= 11 is 0. The van der Waals surface area contributed by atoms with Gasteiger partial charge >= 0.3 is 0 Å². The maximum atomic E-state index is 13.6. The van der Waals surface area contributed by atoms with Gasteiger partial charge in [-0.2, -0.15) is 5.10 Å². The number of nitrogens with zero attached hydrogens (tertiary/aromatic N) is 2. The fourth-order valence-corrected chi connectivity index (χ4v) is 2.37. The van der Waals surface area contributed by atoms with Gasteiger partial charge in [0.25, 0.3) is 5.91 Å². The number of benzene rings is 2. The molecule has 0 radical (unpaired) electrons. The van der Waals surface area contributed by atoms with E-state index in [1.54, 1.807) is 18.3 Å². The lowest BCUT2D eigenvalue weighted by atomic mass is 10.1. The van der Waals surface area contributed by atoms with Crippen molar-refractivity contribution in [2.75, 3.05) is 0 Å². The van der Waals surface area contributed by atoms with Gasteiger partial charge in [0.15, 0.2) is 0 Å². The maximum absolute atomic E-state index is 13.6. The van der Waals surface area contributed by atoms with E-state index in [0.29, 0.717) is 13.1 Å². The van der Waals surface area contributed by atoms with Crippen molar-refractivity contribution in [1.29, 1.82) is 0 Å². The van der Waals surface area contributed by atoms with Crippen molar-refractivity contribution in [3.05, 3.63) is 89.5 Å². The molecule has 5 heteroatoms. The molecule has 2 aromatic carbocycles. The van der Waals surface area contributed by atoms with Gasteiger partial charge in [-0.3, -0.25) is 9.48 Å². The summed E-state index contributed by atoms with van der Waals surface area (Å²) in [5.41, 5.74) is 2.09. The zero-order valence-corrected chi connectivity index (χ0v) is 12.4. The van der Waals surface area contributed by atoms with E-state index in [9.17, 15) is 9.18 Å². The number of carbonyl (C=O) groups is 1. The molecule has 1 aromatic heterocycles. The Balaban J connectivity index is 1.71. The predicted octanol–water partition coefficient (Wildman–Crippen LogP) is 3.00. The Morgan fingerprint density at radius 1 is 1.04 bits per heavy atom. The molecule has 1 N–H and O–H groups in total. The minimum Gasteiger partial charge on any atom is -0.348 e. The fourth-order valence-electron chi connectivity index (χ4n) is 2.37. The summed E-state index contributed by atoms with van der Waals surface area (Å²) in [5, 5.41) is 6.95. The monoisotopic (exact) mass is 309 g/mol. The zero-order valence-electron chi connectivity index (χ0n) is 12.4. The van der Waals surface area contributed by atoms with E-state index < -0.39 is 11.7 Å². The molecular formula is C18H16FN3O. The average Bonchev–Trinajstić information content (AvgIpc) is 3.07. The van der Waals surface area contributed by atoms with E-state index in [1.807, 2.05) is 41.2 Å². The number of halogens is 1. The zero-order chi connectivity index (χ0) is 16.1. The van der Waals surface area contributed by atoms with Crippen LogP contribution in [-0.2, 0) is 13.1 Å². The van der Waals surface area contributed by atoms with Crippen LogP contribution in [0.4, 0.5) is 4.39 Å². The third-order valence-electron chi connectivity index (χ3n) is 3.57.